The van der Waals surface area contributed by atoms with Gasteiger partial charge in [0.25, 0.3) is 0 Å². The maximum atomic E-state index is 4.44. The van der Waals surface area contributed by atoms with Gasteiger partial charge in [0.1, 0.15) is 5.82 Å². The predicted octanol–water partition coefficient (Wildman–Crippen LogP) is 3.18. The topological polar surface area (TPSA) is 16.1 Å². The van der Waals surface area contributed by atoms with Crippen molar-refractivity contribution in [2.45, 2.75) is 18.6 Å². The highest BCUT2D eigenvalue weighted by Crippen LogP contribution is 2.31. The maximum Gasteiger partial charge on any atom is 0.128 e. The second kappa shape index (κ2) is 4.34. The molecule has 1 aliphatic heterocycles. The van der Waals surface area contributed by atoms with Crippen molar-refractivity contribution >= 4 is 33.5 Å². The molecule has 0 amide bonds. The standard InChI is InChI=1S/C11H15BrN2S/c1-11(2)8-14(5-6-15-11)10-4-3-9(12)7-13-10/h3-4,7H,5-6,8H2,1-2H3. The summed E-state index contributed by atoms with van der Waals surface area (Å²) in [6.45, 7) is 6.76. The van der Waals surface area contributed by atoms with E-state index in [0.29, 0.717) is 4.75 Å². The zero-order chi connectivity index (χ0) is 10.9. The van der Waals surface area contributed by atoms with E-state index in [1.807, 2.05) is 18.0 Å². The van der Waals surface area contributed by atoms with Gasteiger partial charge in [-0.1, -0.05) is 0 Å². The van der Waals surface area contributed by atoms with Gasteiger partial charge in [-0.05, 0) is 41.9 Å². The maximum absolute atomic E-state index is 4.44. The largest absolute Gasteiger partial charge is 0.354 e. The van der Waals surface area contributed by atoms with Crippen LogP contribution in [0.25, 0.3) is 0 Å². The summed E-state index contributed by atoms with van der Waals surface area (Å²) in [6.07, 6.45) is 1.87. The average Bonchev–Trinajstić information content (AvgIpc) is 2.17. The molecule has 2 heterocycles. The van der Waals surface area contributed by atoms with Crippen molar-refractivity contribution in [1.29, 1.82) is 0 Å². The third-order valence-corrected chi connectivity index (χ3v) is 4.23. The first-order valence-corrected chi connectivity index (χ1v) is 6.85. The van der Waals surface area contributed by atoms with Gasteiger partial charge >= 0.3 is 0 Å². The number of hydrogen-bond acceptors (Lipinski definition) is 3. The Bertz CT molecular complexity index is 337. The van der Waals surface area contributed by atoms with E-state index in [9.17, 15) is 0 Å². The van der Waals surface area contributed by atoms with Crippen LogP contribution < -0.4 is 4.90 Å². The number of anilines is 1. The van der Waals surface area contributed by atoms with Gasteiger partial charge < -0.3 is 4.90 Å². The Morgan fingerprint density at radius 1 is 1.47 bits per heavy atom. The molecular formula is C11H15BrN2S. The van der Waals surface area contributed by atoms with E-state index >= 15 is 0 Å². The van der Waals surface area contributed by atoms with Crippen molar-refractivity contribution in [3.63, 3.8) is 0 Å². The lowest BCUT2D eigenvalue weighted by molar-refractivity contribution is 0.642. The molecule has 1 aromatic heterocycles. The molecule has 0 radical (unpaired) electrons. The quantitative estimate of drug-likeness (QED) is 0.789. The Balaban J connectivity index is 2.13. The van der Waals surface area contributed by atoms with Gasteiger partial charge in [-0.3, -0.25) is 0 Å². The Hall–Kier alpha value is -0.220. The Labute approximate surface area is 104 Å². The van der Waals surface area contributed by atoms with E-state index in [0.717, 1.165) is 23.4 Å². The number of rotatable bonds is 1. The molecule has 2 rings (SSSR count). The molecule has 0 unspecified atom stereocenters. The van der Waals surface area contributed by atoms with Crippen LogP contribution in [0.15, 0.2) is 22.8 Å². The summed E-state index contributed by atoms with van der Waals surface area (Å²) >= 11 is 5.45. The van der Waals surface area contributed by atoms with Crippen LogP contribution in [0, 0.1) is 0 Å². The molecule has 15 heavy (non-hydrogen) atoms. The van der Waals surface area contributed by atoms with Gasteiger partial charge in [-0.15, -0.1) is 0 Å². The van der Waals surface area contributed by atoms with E-state index < -0.39 is 0 Å². The highest BCUT2D eigenvalue weighted by molar-refractivity contribution is 9.10. The molecular weight excluding hydrogens is 272 g/mol. The van der Waals surface area contributed by atoms with Crippen molar-refractivity contribution in [2.75, 3.05) is 23.7 Å². The van der Waals surface area contributed by atoms with Crippen molar-refractivity contribution in [3.8, 4) is 0 Å². The lowest BCUT2D eigenvalue weighted by Crippen LogP contribution is -2.43. The molecule has 1 aliphatic rings. The summed E-state index contributed by atoms with van der Waals surface area (Å²) in [7, 11) is 0. The zero-order valence-electron chi connectivity index (χ0n) is 9.03. The van der Waals surface area contributed by atoms with Gasteiger partial charge in [-0.2, -0.15) is 11.8 Å². The summed E-state index contributed by atoms with van der Waals surface area (Å²) in [4.78, 5) is 6.80. The van der Waals surface area contributed by atoms with E-state index in [2.05, 4.69) is 51.8 Å². The molecule has 4 heteroatoms. The van der Waals surface area contributed by atoms with Gasteiger partial charge in [0.05, 0.1) is 0 Å². The van der Waals surface area contributed by atoms with Crippen LogP contribution in [0.1, 0.15) is 13.8 Å². The first-order valence-electron chi connectivity index (χ1n) is 5.07. The molecule has 0 N–H and O–H groups in total. The molecule has 0 aliphatic carbocycles. The first kappa shape index (κ1) is 11.3. The third kappa shape index (κ3) is 2.88. The fourth-order valence-electron chi connectivity index (χ4n) is 1.77. The van der Waals surface area contributed by atoms with Crippen molar-refractivity contribution in [3.05, 3.63) is 22.8 Å². The number of hydrogen-bond donors (Lipinski definition) is 0. The minimum Gasteiger partial charge on any atom is -0.354 e. The smallest absolute Gasteiger partial charge is 0.128 e. The van der Waals surface area contributed by atoms with Crippen LogP contribution in [-0.2, 0) is 0 Å². The van der Waals surface area contributed by atoms with Crippen LogP contribution in [0.3, 0.4) is 0 Å². The SMILES string of the molecule is CC1(C)CN(c2ccc(Br)cn2)CCS1. The number of pyridine rings is 1. The normalized spacial score (nSPS) is 20.3. The van der Waals surface area contributed by atoms with Crippen LogP contribution >= 0.6 is 27.7 Å². The second-order valence-electron chi connectivity index (χ2n) is 4.36. The Morgan fingerprint density at radius 2 is 2.27 bits per heavy atom. The molecule has 0 saturated carbocycles. The van der Waals surface area contributed by atoms with E-state index in [1.54, 1.807) is 0 Å². The molecule has 1 fully saturated rings. The van der Waals surface area contributed by atoms with Crippen molar-refractivity contribution in [1.82, 2.24) is 4.98 Å². The third-order valence-electron chi connectivity index (χ3n) is 2.46. The summed E-state index contributed by atoms with van der Waals surface area (Å²) in [5.41, 5.74) is 0. The summed E-state index contributed by atoms with van der Waals surface area (Å²) in [5, 5.41) is 0. The Kier molecular flexibility index (Phi) is 3.26. The van der Waals surface area contributed by atoms with Gasteiger partial charge in [-0.25, -0.2) is 4.98 Å². The first-order chi connectivity index (χ1) is 7.07. The monoisotopic (exact) mass is 286 g/mol. The van der Waals surface area contributed by atoms with E-state index in [-0.39, 0.29) is 0 Å². The molecule has 1 saturated heterocycles. The molecule has 0 bridgehead atoms. The minimum atomic E-state index is 0.340. The zero-order valence-corrected chi connectivity index (χ0v) is 11.4. The average molecular weight is 287 g/mol. The summed E-state index contributed by atoms with van der Waals surface area (Å²) in [5.74, 6) is 2.27. The summed E-state index contributed by atoms with van der Waals surface area (Å²) in [6, 6.07) is 4.13. The highest BCUT2D eigenvalue weighted by atomic mass is 79.9. The van der Waals surface area contributed by atoms with Crippen LogP contribution in [0.5, 0.6) is 0 Å². The van der Waals surface area contributed by atoms with E-state index in [4.69, 9.17) is 0 Å². The molecule has 2 nitrogen and oxygen atoms in total. The van der Waals surface area contributed by atoms with Gasteiger partial charge in [0, 0.05) is 34.3 Å². The molecule has 82 valence electrons. The van der Waals surface area contributed by atoms with Crippen LogP contribution in [-0.4, -0.2) is 28.6 Å². The van der Waals surface area contributed by atoms with Gasteiger partial charge in [0.15, 0.2) is 0 Å². The van der Waals surface area contributed by atoms with Gasteiger partial charge in [0.2, 0.25) is 0 Å². The molecule has 0 spiro atoms. The lowest BCUT2D eigenvalue weighted by atomic mass is 10.2. The highest BCUT2D eigenvalue weighted by Gasteiger charge is 2.27. The number of thioether (sulfide) groups is 1. The van der Waals surface area contributed by atoms with Crippen LogP contribution in [0.4, 0.5) is 5.82 Å². The summed E-state index contributed by atoms with van der Waals surface area (Å²) < 4.78 is 1.38. The van der Waals surface area contributed by atoms with Crippen molar-refractivity contribution < 1.29 is 0 Å². The number of nitrogens with zero attached hydrogens (tertiary/aromatic N) is 2. The lowest BCUT2D eigenvalue weighted by Gasteiger charge is -2.38. The number of halogens is 1. The fraction of sp³-hybridized carbons (Fsp3) is 0.545. The second-order valence-corrected chi connectivity index (χ2v) is 7.08. The Morgan fingerprint density at radius 3 is 2.87 bits per heavy atom. The molecule has 0 atom stereocenters. The molecule has 0 aromatic carbocycles. The van der Waals surface area contributed by atoms with Crippen molar-refractivity contribution in [2.24, 2.45) is 0 Å². The predicted molar refractivity (Wildman–Crippen MR) is 70.7 cm³/mol. The number of aromatic nitrogens is 1. The minimum absolute atomic E-state index is 0.340. The molecule has 1 aromatic rings. The fourth-order valence-corrected chi connectivity index (χ4v) is 3.11. The van der Waals surface area contributed by atoms with Crippen LogP contribution in [0.2, 0.25) is 0 Å². The van der Waals surface area contributed by atoms with E-state index in [1.165, 1.54) is 5.75 Å².